The summed E-state index contributed by atoms with van der Waals surface area (Å²) in [5.41, 5.74) is 3.37. The number of benzene rings is 2. The van der Waals surface area contributed by atoms with Crippen LogP contribution in [0.25, 0.3) is 0 Å². The summed E-state index contributed by atoms with van der Waals surface area (Å²) in [5.74, 6) is 0.434. The molecule has 0 spiro atoms. The van der Waals surface area contributed by atoms with Gasteiger partial charge in [-0.1, -0.05) is 30.0 Å². The third-order valence-corrected chi connectivity index (χ3v) is 6.13. The van der Waals surface area contributed by atoms with E-state index in [1.165, 1.54) is 12.4 Å². The van der Waals surface area contributed by atoms with Crippen molar-refractivity contribution in [1.82, 2.24) is 20.5 Å². The van der Waals surface area contributed by atoms with Crippen LogP contribution in [0, 0.1) is 12.7 Å². The molecule has 1 aromatic heterocycles. The van der Waals surface area contributed by atoms with E-state index in [2.05, 4.69) is 20.5 Å². The van der Waals surface area contributed by atoms with Crippen molar-refractivity contribution in [2.45, 2.75) is 36.7 Å². The smallest absolute Gasteiger partial charge is 0.251 e. The number of carbonyl (C=O) groups excluding carboxylic acids is 1. The van der Waals surface area contributed by atoms with Gasteiger partial charge in [-0.05, 0) is 55.2 Å². The average Bonchev–Trinajstić information content (AvgIpc) is 3.28. The van der Waals surface area contributed by atoms with Gasteiger partial charge in [0.2, 0.25) is 0 Å². The molecule has 1 aliphatic heterocycles. The van der Waals surface area contributed by atoms with Crippen molar-refractivity contribution in [2.24, 2.45) is 0 Å². The van der Waals surface area contributed by atoms with Gasteiger partial charge >= 0.3 is 0 Å². The lowest BCUT2D eigenvalue weighted by Gasteiger charge is -2.35. The van der Waals surface area contributed by atoms with Gasteiger partial charge < -0.3 is 10.2 Å². The number of hydrogen-bond donors (Lipinski definition) is 2. The van der Waals surface area contributed by atoms with Crippen molar-refractivity contribution in [1.29, 1.82) is 0 Å². The van der Waals surface area contributed by atoms with E-state index in [-0.39, 0.29) is 17.8 Å². The van der Waals surface area contributed by atoms with Gasteiger partial charge in [0.25, 0.3) is 5.91 Å². The monoisotopic (exact) mass is 425 g/mol. The molecule has 2 heterocycles. The van der Waals surface area contributed by atoms with E-state index in [1.807, 2.05) is 42.2 Å². The fraction of sp³-hybridized carbons (Fsp3) is 0.318. The Hall–Kier alpha value is -2.87. The molecule has 0 radical (unpaired) electrons. The molecule has 1 amide bonds. The molecule has 8 heteroatoms. The maximum Gasteiger partial charge on any atom is 0.251 e. The van der Waals surface area contributed by atoms with Gasteiger partial charge in [-0.2, -0.15) is 5.10 Å². The summed E-state index contributed by atoms with van der Waals surface area (Å²) in [7, 11) is 0. The van der Waals surface area contributed by atoms with Crippen molar-refractivity contribution in [3.8, 4) is 0 Å². The van der Waals surface area contributed by atoms with Gasteiger partial charge in [0.05, 0.1) is 5.69 Å². The van der Waals surface area contributed by atoms with Crippen LogP contribution in [0.1, 0.15) is 34.3 Å². The quantitative estimate of drug-likeness (QED) is 0.585. The normalized spacial score (nSPS) is 16.5. The van der Waals surface area contributed by atoms with Crippen LogP contribution in [0.15, 0.2) is 53.9 Å². The Bertz CT molecular complexity index is 993. The standard InChI is InChI=1S/C22H24FN5OS/c1-15-4-9-19(23)20(11-15)28-10-2-3-18(12-28)26-21(29)17-7-5-16(6-8-17)13-30-22-24-14-25-27-22/h4-9,11,14,18H,2-3,10,12-13H2,1H3,(H,26,29)(H,24,25,27). The summed E-state index contributed by atoms with van der Waals surface area (Å²) in [4.78, 5) is 18.8. The predicted octanol–water partition coefficient (Wildman–Crippen LogP) is 3.94. The molecule has 1 unspecified atom stereocenters. The molecule has 30 heavy (non-hydrogen) atoms. The van der Waals surface area contributed by atoms with Gasteiger partial charge in [-0.15, -0.1) is 0 Å². The fourth-order valence-electron chi connectivity index (χ4n) is 3.62. The number of carbonyl (C=O) groups is 1. The van der Waals surface area contributed by atoms with Gasteiger partial charge in [0, 0.05) is 30.4 Å². The Morgan fingerprint density at radius 1 is 1.30 bits per heavy atom. The Morgan fingerprint density at radius 3 is 2.90 bits per heavy atom. The zero-order valence-corrected chi connectivity index (χ0v) is 17.6. The lowest BCUT2D eigenvalue weighted by molar-refractivity contribution is 0.0933. The minimum Gasteiger partial charge on any atom is -0.367 e. The number of aryl methyl sites for hydroxylation is 1. The first-order valence-corrected chi connectivity index (χ1v) is 11.0. The number of thioether (sulfide) groups is 1. The van der Waals surface area contributed by atoms with Crippen molar-refractivity contribution in [2.75, 3.05) is 18.0 Å². The van der Waals surface area contributed by atoms with Crippen LogP contribution < -0.4 is 10.2 Å². The summed E-state index contributed by atoms with van der Waals surface area (Å²) in [6, 6.07) is 12.7. The molecule has 2 N–H and O–H groups in total. The summed E-state index contributed by atoms with van der Waals surface area (Å²) < 4.78 is 14.3. The lowest BCUT2D eigenvalue weighted by Crippen LogP contribution is -2.48. The van der Waals surface area contributed by atoms with E-state index in [0.29, 0.717) is 17.8 Å². The van der Waals surface area contributed by atoms with Gasteiger partial charge in [0.15, 0.2) is 5.16 Å². The largest absolute Gasteiger partial charge is 0.367 e. The highest BCUT2D eigenvalue weighted by Crippen LogP contribution is 2.25. The predicted molar refractivity (Wildman–Crippen MR) is 116 cm³/mol. The highest BCUT2D eigenvalue weighted by molar-refractivity contribution is 7.98. The zero-order valence-electron chi connectivity index (χ0n) is 16.8. The summed E-state index contributed by atoms with van der Waals surface area (Å²) in [5, 5.41) is 10.5. The van der Waals surface area contributed by atoms with Crippen LogP contribution in [-0.2, 0) is 5.75 Å². The minimum atomic E-state index is -0.216. The molecular weight excluding hydrogens is 401 g/mol. The Labute approximate surface area is 179 Å². The molecule has 4 rings (SSSR count). The van der Waals surface area contributed by atoms with Crippen LogP contribution in [0.2, 0.25) is 0 Å². The second-order valence-electron chi connectivity index (χ2n) is 7.49. The number of halogens is 1. The SMILES string of the molecule is Cc1ccc(F)c(N2CCCC(NC(=O)c3ccc(CSc4ncn[nH]4)cc3)C2)c1. The molecule has 0 aliphatic carbocycles. The second-order valence-corrected chi connectivity index (χ2v) is 8.45. The highest BCUT2D eigenvalue weighted by atomic mass is 32.2. The van der Waals surface area contributed by atoms with Crippen LogP contribution in [-0.4, -0.2) is 40.2 Å². The van der Waals surface area contributed by atoms with Crippen molar-refractivity contribution < 1.29 is 9.18 Å². The number of H-pyrrole nitrogens is 1. The van der Waals surface area contributed by atoms with Gasteiger partial charge in [0.1, 0.15) is 12.1 Å². The zero-order chi connectivity index (χ0) is 20.9. The molecule has 1 saturated heterocycles. The first kappa shape index (κ1) is 20.4. The van der Waals surface area contributed by atoms with E-state index in [0.717, 1.165) is 41.4 Å². The summed E-state index contributed by atoms with van der Waals surface area (Å²) >= 11 is 1.56. The molecule has 2 aromatic carbocycles. The van der Waals surface area contributed by atoms with E-state index in [4.69, 9.17) is 0 Å². The van der Waals surface area contributed by atoms with Crippen LogP contribution in [0.5, 0.6) is 0 Å². The van der Waals surface area contributed by atoms with E-state index in [9.17, 15) is 9.18 Å². The fourth-order valence-corrected chi connectivity index (χ4v) is 4.35. The van der Waals surface area contributed by atoms with Crippen LogP contribution >= 0.6 is 11.8 Å². The molecule has 0 bridgehead atoms. The van der Waals surface area contributed by atoms with E-state index < -0.39 is 0 Å². The summed E-state index contributed by atoms with van der Waals surface area (Å²) in [6.45, 7) is 3.36. The number of aromatic amines is 1. The highest BCUT2D eigenvalue weighted by Gasteiger charge is 2.23. The van der Waals surface area contributed by atoms with Crippen LogP contribution in [0.3, 0.4) is 0 Å². The second kappa shape index (κ2) is 9.30. The first-order valence-electron chi connectivity index (χ1n) is 9.97. The third kappa shape index (κ3) is 4.99. The molecule has 3 aromatic rings. The third-order valence-electron chi connectivity index (χ3n) is 5.18. The molecular formula is C22H24FN5OS. The number of amides is 1. The Kier molecular flexibility index (Phi) is 6.32. The number of hydrogen-bond acceptors (Lipinski definition) is 5. The maximum atomic E-state index is 14.3. The number of nitrogens with one attached hydrogen (secondary N) is 2. The molecule has 1 atom stereocenters. The molecule has 1 fully saturated rings. The number of aromatic nitrogens is 3. The Balaban J connectivity index is 1.34. The topological polar surface area (TPSA) is 73.9 Å². The first-order chi connectivity index (χ1) is 14.6. The molecule has 1 aliphatic rings. The van der Waals surface area contributed by atoms with Crippen molar-refractivity contribution in [3.05, 3.63) is 71.3 Å². The van der Waals surface area contributed by atoms with E-state index in [1.54, 1.807) is 17.8 Å². The van der Waals surface area contributed by atoms with Gasteiger partial charge in [-0.25, -0.2) is 9.37 Å². The lowest BCUT2D eigenvalue weighted by atomic mass is 10.0. The van der Waals surface area contributed by atoms with Gasteiger partial charge in [-0.3, -0.25) is 9.89 Å². The van der Waals surface area contributed by atoms with Crippen molar-refractivity contribution in [3.63, 3.8) is 0 Å². The Morgan fingerprint density at radius 2 is 2.13 bits per heavy atom. The average molecular weight is 426 g/mol. The number of anilines is 1. The number of rotatable bonds is 6. The molecule has 0 saturated carbocycles. The van der Waals surface area contributed by atoms with Crippen LogP contribution in [0.4, 0.5) is 10.1 Å². The molecule has 156 valence electrons. The van der Waals surface area contributed by atoms with Crippen molar-refractivity contribution >= 4 is 23.4 Å². The minimum absolute atomic E-state index is 0.00662. The number of nitrogens with zero attached hydrogens (tertiary/aromatic N) is 3. The summed E-state index contributed by atoms with van der Waals surface area (Å²) in [6.07, 6.45) is 3.28. The molecule has 6 nitrogen and oxygen atoms in total. The number of piperidine rings is 1. The van der Waals surface area contributed by atoms with E-state index >= 15 is 0 Å². The maximum absolute atomic E-state index is 14.3.